The minimum atomic E-state index is -4.97. The third-order valence-electron chi connectivity index (χ3n) is 4.76. The second-order valence-electron chi connectivity index (χ2n) is 9.68. The van der Waals surface area contributed by atoms with Crippen molar-refractivity contribution < 1.29 is 31.4 Å². The van der Waals surface area contributed by atoms with Crippen LogP contribution in [0.5, 0.6) is 5.75 Å². The standard InChI is InChI=1S/C23H27F6NO/c1-20(2,3)15-9-14(12-30-21(4,5)6)19(31)18(11-15)13-7-16(22(24,25)26)10-17(8-13)23(27,28)29/h7-11,30-31H,12H2,1-6H3. The molecule has 2 N–H and O–H groups in total. The number of hydrogen-bond donors (Lipinski definition) is 2. The number of alkyl halides is 6. The first-order chi connectivity index (χ1) is 13.8. The number of rotatable bonds is 3. The zero-order valence-corrected chi connectivity index (χ0v) is 18.3. The summed E-state index contributed by atoms with van der Waals surface area (Å²) in [6, 6.07) is 4.52. The van der Waals surface area contributed by atoms with E-state index in [9.17, 15) is 31.4 Å². The first kappa shape index (κ1) is 25.0. The molecule has 0 unspecified atom stereocenters. The fraction of sp³-hybridized carbons (Fsp3) is 0.478. The number of phenolic OH excluding ortho intramolecular Hbond substituents is 1. The number of halogens is 6. The van der Waals surface area contributed by atoms with E-state index in [0.29, 0.717) is 23.3 Å². The summed E-state index contributed by atoms with van der Waals surface area (Å²) in [5.41, 5.74) is -2.96. The summed E-state index contributed by atoms with van der Waals surface area (Å²) in [6.45, 7) is 11.5. The monoisotopic (exact) mass is 447 g/mol. The van der Waals surface area contributed by atoms with Crippen LogP contribution >= 0.6 is 0 Å². The molecule has 0 aliphatic rings. The quantitative estimate of drug-likeness (QED) is 0.485. The van der Waals surface area contributed by atoms with Gasteiger partial charge in [-0.15, -0.1) is 0 Å². The SMILES string of the molecule is CC(C)(C)NCc1cc(C(C)(C)C)cc(-c2cc(C(F)(F)F)cc(C(F)(F)F)c2)c1O. The van der Waals surface area contributed by atoms with E-state index in [4.69, 9.17) is 0 Å². The Morgan fingerprint density at radius 1 is 0.710 bits per heavy atom. The van der Waals surface area contributed by atoms with Crippen LogP contribution in [-0.2, 0) is 24.3 Å². The zero-order valence-electron chi connectivity index (χ0n) is 18.3. The van der Waals surface area contributed by atoms with Crippen molar-refractivity contribution in [3.8, 4) is 16.9 Å². The highest BCUT2D eigenvalue weighted by molar-refractivity contribution is 5.74. The maximum absolute atomic E-state index is 13.3. The molecule has 0 saturated heterocycles. The van der Waals surface area contributed by atoms with Gasteiger partial charge in [0.1, 0.15) is 5.75 Å². The van der Waals surface area contributed by atoms with Crippen LogP contribution in [0.25, 0.3) is 11.1 Å². The van der Waals surface area contributed by atoms with Gasteiger partial charge in [0.2, 0.25) is 0 Å². The van der Waals surface area contributed by atoms with Crippen molar-refractivity contribution >= 4 is 0 Å². The van der Waals surface area contributed by atoms with E-state index in [2.05, 4.69) is 5.32 Å². The predicted octanol–water partition coefficient (Wildman–Crippen LogP) is 7.28. The van der Waals surface area contributed by atoms with Gasteiger partial charge in [-0.25, -0.2) is 0 Å². The Morgan fingerprint density at radius 3 is 1.58 bits per heavy atom. The predicted molar refractivity (Wildman–Crippen MR) is 109 cm³/mol. The summed E-state index contributed by atoms with van der Waals surface area (Å²) >= 11 is 0. The van der Waals surface area contributed by atoms with Gasteiger partial charge in [-0.3, -0.25) is 0 Å². The molecule has 0 amide bonds. The van der Waals surface area contributed by atoms with E-state index >= 15 is 0 Å². The zero-order chi connectivity index (χ0) is 24.0. The second-order valence-corrected chi connectivity index (χ2v) is 9.68. The number of hydrogen-bond acceptors (Lipinski definition) is 2. The van der Waals surface area contributed by atoms with Crippen LogP contribution in [0.1, 0.15) is 63.8 Å². The Kier molecular flexibility index (Phi) is 6.50. The van der Waals surface area contributed by atoms with Gasteiger partial charge < -0.3 is 10.4 Å². The Hall–Kier alpha value is -2.22. The average Bonchev–Trinajstić information content (AvgIpc) is 2.57. The van der Waals surface area contributed by atoms with E-state index in [1.54, 1.807) is 6.07 Å². The lowest BCUT2D eigenvalue weighted by Gasteiger charge is -2.25. The van der Waals surface area contributed by atoms with Gasteiger partial charge in [0.15, 0.2) is 0 Å². The third-order valence-corrected chi connectivity index (χ3v) is 4.76. The molecule has 0 spiro atoms. The maximum atomic E-state index is 13.3. The van der Waals surface area contributed by atoms with Gasteiger partial charge in [0, 0.05) is 23.2 Å². The van der Waals surface area contributed by atoms with Crippen molar-refractivity contribution in [3.05, 3.63) is 52.6 Å². The van der Waals surface area contributed by atoms with Crippen molar-refractivity contribution in [2.45, 2.75) is 71.4 Å². The van der Waals surface area contributed by atoms with Gasteiger partial charge in [-0.05, 0) is 61.6 Å². The van der Waals surface area contributed by atoms with Gasteiger partial charge in [0.05, 0.1) is 11.1 Å². The summed E-state index contributed by atoms with van der Waals surface area (Å²) in [4.78, 5) is 0. The summed E-state index contributed by atoms with van der Waals surface area (Å²) in [6.07, 6.45) is -9.94. The van der Waals surface area contributed by atoms with Crippen molar-refractivity contribution in [2.75, 3.05) is 0 Å². The van der Waals surface area contributed by atoms with Gasteiger partial charge in [-0.1, -0.05) is 26.8 Å². The van der Waals surface area contributed by atoms with E-state index in [-0.39, 0.29) is 35.0 Å². The van der Waals surface area contributed by atoms with Gasteiger partial charge in [-0.2, -0.15) is 26.3 Å². The van der Waals surface area contributed by atoms with Crippen LogP contribution in [0.3, 0.4) is 0 Å². The lowest BCUT2D eigenvalue weighted by Crippen LogP contribution is -2.35. The topological polar surface area (TPSA) is 32.3 Å². The van der Waals surface area contributed by atoms with Crippen LogP contribution in [0, 0.1) is 0 Å². The summed E-state index contributed by atoms with van der Waals surface area (Å²) in [7, 11) is 0. The molecule has 2 rings (SSSR count). The van der Waals surface area contributed by atoms with Crippen LogP contribution in [0.2, 0.25) is 0 Å². The first-order valence-corrected chi connectivity index (χ1v) is 9.70. The normalized spacial score (nSPS) is 13.5. The molecule has 0 aliphatic heterocycles. The Morgan fingerprint density at radius 2 is 1.19 bits per heavy atom. The third kappa shape index (κ3) is 6.38. The fourth-order valence-electron chi connectivity index (χ4n) is 2.95. The lowest BCUT2D eigenvalue weighted by molar-refractivity contribution is -0.143. The molecule has 0 saturated carbocycles. The fourth-order valence-corrected chi connectivity index (χ4v) is 2.95. The van der Waals surface area contributed by atoms with Crippen LogP contribution in [0.4, 0.5) is 26.3 Å². The number of phenols is 1. The van der Waals surface area contributed by atoms with E-state index in [0.717, 1.165) is 0 Å². The number of benzene rings is 2. The molecule has 0 bridgehead atoms. The molecule has 0 aliphatic carbocycles. The largest absolute Gasteiger partial charge is 0.507 e. The van der Waals surface area contributed by atoms with Crippen molar-refractivity contribution in [1.82, 2.24) is 5.32 Å². The summed E-state index contributed by atoms with van der Waals surface area (Å²) in [5.74, 6) is -0.350. The van der Waals surface area contributed by atoms with Crippen LogP contribution in [0.15, 0.2) is 30.3 Å². The first-order valence-electron chi connectivity index (χ1n) is 9.70. The smallest absolute Gasteiger partial charge is 0.416 e. The van der Waals surface area contributed by atoms with E-state index in [1.807, 2.05) is 41.5 Å². The molecular weight excluding hydrogens is 420 g/mol. The average molecular weight is 447 g/mol. The number of nitrogens with one attached hydrogen (secondary N) is 1. The highest BCUT2D eigenvalue weighted by atomic mass is 19.4. The molecule has 0 fully saturated rings. The van der Waals surface area contributed by atoms with Crippen molar-refractivity contribution in [1.29, 1.82) is 0 Å². The van der Waals surface area contributed by atoms with E-state index < -0.39 is 28.9 Å². The molecule has 8 heteroatoms. The lowest BCUT2D eigenvalue weighted by atomic mass is 9.83. The highest BCUT2D eigenvalue weighted by Gasteiger charge is 2.37. The molecule has 0 aromatic heterocycles. The molecule has 2 nitrogen and oxygen atoms in total. The minimum absolute atomic E-state index is 0.0743. The van der Waals surface area contributed by atoms with Gasteiger partial charge in [0.25, 0.3) is 0 Å². The number of aromatic hydroxyl groups is 1. The summed E-state index contributed by atoms with van der Waals surface area (Å²) < 4.78 is 79.9. The molecule has 31 heavy (non-hydrogen) atoms. The Balaban J connectivity index is 2.79. The van der Waals surface area contributed by atoms with Gasteiger partial charge >= 0.3 is 12.4 Å². The van der Waals surface area contributed by atoms with Crippen LogP contribution in [-0.4, -0.2) is 10.6 Å². The minimum Gasteiger partial charge on any atom is -0.507 e. The molecule has 2 aromatic carbocycles. The molecule has 172 valence electrons. The molecule has 0 radical (unpaired) electrons. The Bertz CT molecular complexity index is 914. The highest BCUT2D eigenvalue weighted by Crippen LogP contribution is 2.42. The second kappa shape index (κ2) is 8.04. The summed E-state index contributed by atoms with van der Waals surface area (Å²) in [5, 5.41) is 14.0. The molecule has 2 aromatic rings. The van der Waals surface area contributed by atoms with Crippen LogP contribution < -0.4 is 5.32 Å². The maximum Gasteiger partial charge on any atom is 0.416 e. The van der Waals surface area contributed by atoms with E-state index in [1.165, 1.54) is 6.07 Å². The van der Waals surface area contributed by atoms with Crippen molar-refractivity contribution in [3.63, 3.8) is 0 Å². The van der Waals surface area contributed by atoms with Crippen molar-refractivity contribution in [2.24, 2.45) is 0 Å². The molecule has 0 heterocycles. The molecular formula is C23H27F6NO. The Labute approximate surface area is 178 Å². The molecule has 0 atom stereocenters.